The fraction of sp³-hybridized carbons (Fsp3) is 0.300. The van der Waals surface area contributed by atoms with E-state index in [9.17, 15) is 0 Å². The fourth-order valence-electron chi connectivity index (χ4n) is 0.918. The van der Waals surface area contributed by atoms with Crippen LogP contribution in [0.25, 0.3) is 0 Å². The average molecular weight is 196 g/mol. The molecule has 0 radical (unpaired) electrons. The highest BCUT2D eigenvalue weighted by Gasteiger charge is 2.05. The summed E-state index contributed by atoms with van der Waals surface area (Å²) in [6.45, 7) is 3.62. The van der Waals surface area contributed by atoms with Crippen LogP contribution in [0.1, 0.15) is 12.5 Å². The molecule has 1 aromatic rings. The van der Waals surface area contributed by atoms with Crippen LogP contribution < -0.4 is 4.74 Å². The molecular formula is C10H10ClNO. The molecule has 2 nitrogen and oxygen atoms in total. The van der Waals surface area contributed by atoms with Crippen LogP contribution in [-0.4, -0.2) is 6.10 Å². The van der Waals surface area contributed by atoms with Gasteiger partial charge in [-0.05, 0) is 31.5 Å². The normalized spacial score (nSPS) is 11.8. The number of hydrogen-bond acceptors (Lipinski definition) is 2. The minimum absolute atomic E-state index is 0.472. The van der Waals surface area contributed by atoms with Crippen LogP contribution in [0.2, 0.25) is 5.02 Å². The van der Waals surface area contributed by atoms with E-state index in [4.69, 9.17) is 21.6 Å². The van der Waals surface area contributed by atoms with Gasteiger partial charge in [0, 0.05) is 0 Å². The summed E-state index contributed by atoms with van der Waals surface area (Å²) >= 11 is 5.90. The second-order valence-electron chi connectivity index (χ2n) is 2.82. The smallest absolute Gasteiger partial charge is 0.181 e. The summed E-state index contributed by atoms with van der Waals surface area (Å²) in [7, 11) is 0. The first-order valence-electron chi connectivity index (χ1n) is 3.96. The van der Waals surface area contributed by atoms with Gasteiger partial charge in [-0.2, -0.15) is 5.26 Å². The van der Waals surface area contributed by atoms with Gasteiger partial charge in [0.2, 0.25) is 0 Å². The largest absolute Gasteiger partial charge is 0.474 e. The predicted molar refractivity (Wildman–Crippen MR) is 51.9 cm³/mol. The van der Waals surface area contributed by atoms with E-state index in [0.29, 0.717) is 10.8 Å². The molecule has 1 aromatic carbocycles. The maximum absolute atomic E-state index is 8.52. The third kappa shape index (κ3) is 2.64. The molecule has 0 aromatic heterocycles. The number of ether oxygens (including phenoxy) is 1. The minimum Gasteiger partial charge on any atom is -0.474 e. The highest BCUT2D eigenvalue weighted by Crippen LogP contribution is 2.25. The Morgan fingerprint density at radius 2 is 2.23 bits per heavy atom. The molecular weight excluding hydrogens is 186 g/mol. The van der Waals surface area contributed by atoms with Crippen LogP contribution in [-0.2, 0) is 0 Å². The van der Waals surface area contributed by atoms with Crippen molar-refractivity contribution in [3.05, 3.63) is 28.8 Å². The lowest BCUT2D eigenvalue weighted by atomic mass is 10.2. The summed E-state index contributed by atoms with van der Waals surface area (Å²) < 4.78 is 5.26. The molecule has 0 N–H and O–H groups in total. The van der Waals surface area contributed by atoms with Gasteiger partial charge in [0.25, 0.3) is 0 Å². The van der Waals surface area contributed by atoms with Gasteiger partial charge in [0.15, 0.2) is 6.10 Å². The van der Waals surface area contributed by atoms with Gasteiger partial charge in [-0.3, -0.25) is 0 Å². The Kier molecular flexibility index (Phi) is 3.16. The highest BCUT2D eigenvalue weighted by atomic mass is 35.5. The van der Waals surface area contributed by atoms with Crippen molar-refractivity contribution in [3.8, 4) is 11.8 Å². The van der Waals surface area contributed by atoms with Crippen LogP contribution >= 0.6 is 11.6 Å². The van der Waals surface area contributed by atoms with Crippen molar-refractivity contribution in [2.75, 3.05) is 0 Å². The minimum atomic E-state index is -0.472. The molecule has 3 heteroatoms. The third-order valence-electron chi connectivity index (χ3n) is 1.57. The van der Waals surface area contributed by atoms with E-state index >= 15 is 0 Å². The maximum atomic E-state index is 8.52. The summed E-state index contributed by atoms with van der Waals surface area (Å²) in [6, 6.07) is 7.44. The van der Waals surface area contributed by atoms with E-state index in [1.807, 2.05) is 19.1 Å². The summed E-state index contributed by atoms with van der Waals surface area (Å²) in [4.78, 5) is 0. The van der Waals surface area contributed by atoms with Crippen LogP contribution in [0.15, 0.2) is 18.2 Å². The Balaban J connectivity index is 2.85. The van der Waals surface area contributed by atoms with E-state index in [-0.39, 0.29) is 0 Å². The van der Waals surface area contributed by atoms with Gasteiger partial charge >= 0.3 is 0 Å². The van der Waals surface area contributed by atoms with Gasteiger partial charge in [-0.15, -0.1) is 0 Å². The van der Waals surface area contributed by atoms with Gasteiger partial charge in [-0.1, -0.05) is 17.7 Å². The monoisotopic (exact) mass is 195 g/mol. The second-order valence-corrected chi connectivity index (χ2v) is 3.23. The third-order valence-corrected chi connectivity index (χ3v) is 1.87. The zero-order valence-electron chi connectivity index (χ0n) is 7.54. The van der Waals surface area contributed by atoms with Crippen LogP contribution in [0, 0.1) is 18.3 Å². The SMILES string of the molecule is Cc1ccc(OC(C)C#N)c(Cl)c1. The molecule has 0 saturated heterocycles. The molecule has 0 fully saturated rings. The number of aryl methyl sites for hydroxylation is 1. The van der Waals surface area contributed by atoms with Crippen molar-refractivity contribution in [3.63, 3.8) is 0 Å². The number of benzene rings is 1. The molecule has 0 spiro atoms. The molecule has 1 atom stereocenters. The highest BCUT2D eigenvalue weighted by molar-refractivity contribution is 6.32. The Morgan fingerprint density at radius 3 is 2.77 bits per heavy atom. The van der Waals surface area contributed by atoms with Crippen molar-refractivity contribution in [1.29, 1.82) is 5.26 Å². The summed E-state index contributed by atoms with van der Waals surface area (Å²) in [6.07, 6.45) is -0.472. The van der Waals surface area contributed by atoms with Gasteiger partial charge < -0.3 is 4.74 Å². The van der Waals surface area contributed by atoms with Crippen LogP contribution in [0.5, 0.6) is 5.75 Å². The lowest BCUT2D eigenvalue weighted by Gasteiger charge is -2.09. The zero-order chi connectivity index (χ0) is 9.84. The van der Waals surface area contributed by atoms with Crippen molar-refractivity contribution in [2.24, 2.45) is 0 Å². The van der Waals surface area contributed by atoms with Crippen LogP contribution in [0.3, 0.4) is 0 Å². The van der Waals surface area contributed by atoms with Gasteiger partial charge in [-0.25, -0.2) is 0 Å². The Hall–Kier alpha value is -1.20. The number of nitriles is 1. The Morgan fingerprint density at radius 1 is 1.54 bits per heavy atom. The average Bonchev–Trinajstić information content (AvgIpc) is 2.09. The molecule has 0 bridgehead atoms. The first kappa shape index (κ1) is 9.88. The first-order valence-corrected chi connectivity index (χ1v) is 4.33. The van der Waals surface area contributed by atoms with Crippen molar-refractivity contribution in [1.82, 2.24) is 0 Å². The van der Waals surface area contributed by atoms with Crippen molar-refractivity contribution >= 4 is 11.6 Å². The fourth-order valence-corrected chi connectivity index (χ4v) is 1.20. The van der Waals surface area contributed by atoms with E-state index in [2.05, 4.69) is 0 Å². The molecule has 1 unspecified atom stereocenters. The second kappa shape index (κ2) is 4.15. The Bertz CT molecular complexity index is 343. The van der Waals surface area contributed by atoms with Gasteiger partial charge in [0.1, 0.15) is 11.8 Å². The molecule has 0 aliphatic rings. The first-order chi connectivity index (χ1) is 6.13. The Labute approximate surface area is 82.7 Å². The van der Waals surface area contributed by atoms with Crippen molar-refractivity contribution < 1.29 is 4.74 Å². The van der Waals surface area contributed by atoms with E-state index < -0.39 is 6.10 Å². The predicted octanol–water partition coefficient (Wildman–Crippen LogP) is 2.94. The van der Waals surface area contributed by atoms with E-state index in [1.54, 1.807) is 19.1 Å². The van der Waals surface area contributed by atoms with Crippen molar-refractivity contribution in [2.45, 2.75) is 20.0 Å². The molecule has 1 rings (SSSR count). The molecule has 0 amide bonds. The number of rotatable bonds is 2. The van der Waals surface area contributed by atoms with Gasteiger partial charge in [0.05, 0.1) is 5.02 Å². The molecule has 0 saturated carbocycles. The summed E-state index contributed by atoms with van der Waals surface area (Å²) in [5.74, 6) is 0.557. The zero-order valence-corrected chi connectivity index (χ0v) is 8.30. The number of hydrogen-bond donors (Lipinski definition) is 0. The standard InChI is InChI=1S/C10H10ClNO/c1-7-3-4-10(9(11)5-7)13-8(2)6-12/h3-5,8H,1-2H3. The van der Waals surface area contributed by atoms with E-state index in [0.717, 1.165) is 5.56 Å². The molecule has 0 heterocycles. The van der Waals surface area contributed by atoms with Crippen LogP contribution in [0.4, 0.5) is 0 Å². The molecule has 68 valence electrons. The lowest BCUT2D eigenvalue weighted by molar-refractivity contribution is 0.276. The number of nitrogens with zero attached hydrogens (tertiary/aromatic N) is 1. The molecule has 0 aliphatic heterocycles. The quantitative estimate of drug-likeness (QED) is 0.727. The summed E-state index contributed by atoms with van der Waals surface area (Å²) in [5, 5.41) is 9.07. The maximum Gasteiger partial charge on any atom is 0.181 e. The molecule has 0 aliphatic carbocycles. The summed E-state index contributed by atoms with van der Waals surface area (Å²) in [5.41, 5.74) is 1.07. The van der Waals surface area contributed by atoms with E-state index in [1.165, 1.54) is 0 Å². The molecule has 13 heavy (non-hydrogen) atoms. The lowest BCUT2D eigenvalue weighted by Crippen LogP contribution is -2.08. The topological polar surface area (TPSA) is 33.0 Å². The number of halogens is 1.